The van der Waals surface area contributed by atoms with Gasteiger partial charge in [-0.1, -0.05) is 0 Å². The Morgan fingerprint density at radius 3 is 2.87 bits per heavy atom. The first-order valence-electron chi connectivity index (χ1n) is 7.22. The van der Waals surface area contributed by atoms with E-state index in [4.69, 9.17) is 0 Å². The molecule has 3 rings (SSSR count). The third-order valence-electron chi connectivity index (χ3n) is 3.57. The Kier molecular flexibility index (Phi) is 4.20. The molecule has 0 aliphatic rings. The predicted molar refractivity (Wildman–Crippen MR) is 89.9 cm³/mol. The minimum Gasteiger partial charge on any atom is -0.350 e. The van der Waals surface area contributed by atoms with E-state index in [1.165, 1.54) is 11.3 Å². The number of nitrogens with one attached hydrogen (secondary N) is 1. The van der Waals surface area contributed by atoms with Gasteiger partial charge in [0.1, 0.15) is 10.7 Å². The monoisotopic (exact) mass is 328 g/mol. The molecular formula is C16H16N4O2S. The van der Waals surface area contributed by atoms with Crippen LogP contribution >= 0.6 is 11.3 Å². The van der Waals surface area contributed by atoms with E-state index in [0.29, 0.717) is 29.9 Å². The number of aryl methyl sites for hydroxylation is 2. The lowest BCUT2D eigenvalue weighted by Gasteiger charge is -2.10. The Labute approximate surface area is 136 Å². The van der Waals surface area contributed by atoms with Crippen molar-refractivity contribution in [2.75, 3.05) is 6.54 Å². The van der Waals surface area contributed by atoms with Crippen molar-refractivity contribution >= 4 is 27.5 Å². The van der Waals surface area contributed by atoms with Gasteiger partial charge < -0.3 is 5.32 Å². The van der Waals surface area contributed by atoms with Gasteiger partial charge >= 0.3 is 0 Å². The SMILES string of the molecule is Cc1ccc(C(=O)NCCn2c(C)nc3sccc3c2=O)cn1. The quantitative estimate of drug-likeness (QED) is 0.793. The summed E-state index contributed by atoms with van der Waals surface area (Å²) < 4.78 is 1.59. The number of fused-ring (bicyclic) bond motifs is 1. The smallest absolute Gasteiger partial charge is 0.262 e. The second-order valence-corrected chi connectivity index (χ2v) is 6.09. The fourth-order valence-electron chi connectivity index (χ4n) is 2.30. The van der Waals surface area contributed by atoms with Crippen molar-refractivity contribution < 1.29 is 4.79 Å². The number of aromatic nitrogens is 3. The fraction of sp³-hybridized carbons (Fsp3) is 0.250. The van der Waals surface area contributed by atoms with Gasteiger partial charge in [-0.05, 0) is 37.4 Å². The van der Waals surface area contributed by atoms with Gasteiger partial charge in [-0.25, -0.2) is 4.98 Å². The van der Waals surface area contributed by atoms with Crippen molar-refractivity contribution in [1.29, 1.82) is 0 Å². The predicted octanol–water partition coefficient (Wildman–Crippen LogP) is 1.90. The van der Waals surface area contributed by atoms with Crippen LogP contribution in [0.25, 0.3) is 10.2 Å². The highest BCUT2D eigenvalue weighted by Gasteiger charge is 2.10. The Hall–Kier alpha value is -2.54. The molecule has 0 radical (unpaired) electrons. The molecule has 0 saturated carbocycles. The fourth-order valence-corrected chi connectivity index (χ4v) is 3.10. The molecule has 0 atom stereocenters. The number of amides is 1. The Bertz CT molecular complexity index is 912. The Balaban J connectivity index is 1.70. The van der Waals surface area contributed by atoms with Gasteiger partial charge in [0, 0.05) is 25.0 Å². The highest BCUT2D eigenvalue weighted by molar-refractivity contribution is 7.16. The maximum absolute atomic E-state index is 12.4. The van der Waals surface area contributed by atoms with Crippen LogP contribution in [0.1, 0.15) is 21.9 Å². The molecule has 0 aliphatic carbocycles. The van der Waals surface area contributed by atoms with Crippen LogP contribution < -0.4 is 10.9 Å². The molecule has 0 fully saturated rings. The molecule has 1 N–H and O–H groups in total. The molecular weight excluding hydrogens is 312 g/mol. The first-order chi connectivity index (χ1) is 11.1. The summed E-state index contributed by atoms with van der Waals surface area (Å²) in [5.74, 6) is 0.448. The maximum Gasteiger partial charge on any atom is 0.262 e. The third-order valence-corrected chi connectivity index (χ3v) is 4.38. The number of thiophene rings is 1. The number of nitrogens with zero attached hydrogens (tertiary/aromatic N) is 3. The summed E-state index contributed by atoms with van der Waals surface area (Å²) in [6.07, 6.45) is 1.54. The van der Waals surface area contributed by atoms with Crippen molar-refractivity contribution in [2.45, 2.75) is 20.4 Å². The largest absolute Gasteiger partial charge is 0.350 e. The standard InChI is InChI=1S/C16H16N4O2S/c1-10-3-4-12(9-18-10)14(21)17-6-7-20-11(2)19-15-13(16(20)22)5-8-23-15/h3-5,8-9H,6-7H2,1-2H3,(H,17,21). The molecule has 7 heteroatoms. The van der Waals surface area contributed by atoms with Crippen LogP contribution in [0.3, 0.4) is 0 Å². The summed E-state index contributed by atoms with van der Waals surface area (Å²) in [7, 11) is 0. The van der Waals surface area contributed by atoms with Crippen molar-refractivity contribution in [1.82, 2.24) is 19.9 Å². The summed E-state index contributed by atoms with van der Waals surface area (Å²) in [5, 5.41) is 5.28. The molecule has 3 aromatic heterocycles. The van der Waals surface area contributed by atoms with Gasteiger partial charge in [-0.3, -0.25) is 19.1 Å². The Morgan fingerprint density at radius 1 is 1.30 bits per heavy atom. The molecule has 0 bridgehead atoms. The zero-order valence-electron chi connectivity index (χ0n) is 12.9. The number of carbonyl (C=O) groups is 1. The van der Waals surface area contributed by atoms with E-state index in [0.717, 1.165) is 10.5 Å². The molecule has 0 unspecified atom stereocenters. The molecule has 118 valence electrons. The van der Waals surface area contributed by atoms with Gasteiger partial charge in [-0.2, -0.15) is 0 Å². The van der Waals surface area contributed by atoms with Crippen molar-refractivity contribution in [3.63, 3.8) is 0 Å². The first kappa shape index (κ1) is 15.4. The number of carbonyl (C=O) groups excluding carboxylic acids is 1. The lowest BCUT2D eigenvalue weighted by Crippen LogP contribution is -2.32. The van der Waals surface area contributed by atoms with Crippen LogP contribution in [0.4, 0.5) is 0 Å². The number of hydrogen-bond acceptors (Lipinski definition) is 5. The molecule has 0 aliphatic heterocycles. The van der Waals surface area contributed by atoms with Crippen LogP contribution in [0.15, 0.2) is 34.6 Å². The molecule has 1 amide bonds. The molecule has 3 heterocycles. The Morgan fingerprint density at radius 2 is 2.13 bits per heavy atom. The van der Waals surface area contributed by atoms with Crippen molar-refractivity contribution in [3.05, 3.63) is 57.2 Å². The van der Waals surface area contributed by atoms with Crippen molar-refractivity contribution in [2.24, 2.45) is 0 Å². The number of rotatable bonds is 4. The highest BCUT2D eigenvalue weighted by atomic mass is 32.1. The average molecular weight is 328 g/mol. The summed E-state index contributed by atoms with van der Waals surface area (Å²) >= 11 is 1.45. The minimum absolute atomic E-state index is 0.0694. The zero-order chi connectivity index (χ0) is 16.4. The van der Waals surface area contributed by atoms with E-state index < -0.39 is 0 Å². The molecule has 3 aromatic rings. The molecule has 23 heavy (non-hydrogen) atoms. The lowest BCUT2D eigenvalue weighted by atomic mass is 10.2. The van der Waals surface area contributed by atoms with Gasteiger partial charge in [0.05, 0.1) is 10.9 Å². The van der Waals surface area contributed by atoms with E-state index in [-0.39, 0.29) is 11.5 Å². The van der Waals surface area contributed by atoms with Crippen LogP contribution in [0.2, 0.25) is 0 Å². The van der Waals surface area contributed by atoms with E-state index >= 15 is 0 Å². The van der Waals surface area contributed by atoms with Gasteiger partial charge in [0.2, 0.25) is 0 Å². The van der Waals surface area contributed by atoms with Gasteiger partial charge in [-0.15, -0.1) is 11.3 Å². The van der Waals surface area contributed by atoms with E-state index in [1.54, 1.807) is 35.9 Å². The van der Waals surface area contributed by atoms with Gasteiger partial charge in [0.15, 0.2) is 0 Å². The zero-order valence-corrected chi connectivity index (χ0v) is 13.7. The summed E-state index contributed by atoms with van der Waals surface area (Å²) in [5.41, 5.74) is 1.30. The van der Waals surface area contributed by atoms with Crippen LogP contribution in [0, 0.1) is 13.8 Å². The topological polar surface area (TPSA) is 76.9 Å². The van der Waals surface area contributed by atoms with Crippen LogP contribution in [-0.2, 0) is 6.54 Å². The van der Waals surface area contributed by atoms with Crippen LogP contribution in [0.5, 0.6) is 0 Å². The average Bonchev–Trinajstić information content (AvgIpc) is 2.99. The molecule has 0 saturated heterocycles. The highest BCUT2D eigenvalue weighted by Crippen LogP contribution is 2.14. The second-order valence-electron chi connectivity index (χ2n) is 5.20. The normalized spacial score (nSPS) is 10.9. The van der Waals surface area contributed by atoms with E-state index in [2.05, 4.69) is 15.3 Å². The molecule has 0 aromatic carbocycles. The lowest BCUT2D eigenvalue weighted by molar-refractivity contribution is 0.0951. The van der Waals surface area contributed by atoms with Crippen LogP contribution in [-0.4, -0.2) is 27.0 Å². The first-order valence-corrected chi connectivity index (χ1v) is 8.10. The van der Waals surface area contributed by atoms with E-state index in [1.807, 2.05) is 12.3 Å². The van der Waals surface area contributed by atoms with Crippen molar-refractivity contribution in [3.8, 4) is 0 Å². The molecule has 0 spiro atoms. The van der Waals surface area contributed by atoms with E-state index in [9.17, 15) is 9.59 Å². The third kappa shape index (κ3) is 3.14. The summed E-state index contributed by atoms with van der Waals surface area (Å²) in [6.45, 7) is 4.40. The summed E-state index contributed by atoms with van der Waals surface area (Å²) in [4.78, 5) is 33.7. The molecule has 6 nitrogen and oxygen atoms in total. The second kappa shape index (κ2) is 6.29. The van der Waals surface area contributed by atoms with Gasteiger partial charge in [0.25, 0.3) is 11.5 Å². The maximum atomic E-state index is 12.4. The number of pyridine rings is 1. The summed E-state index contributed by atoms with van der Waals surface area (Å²) in [6, 6.07) is 5.30. The number of hydrogen-bond donors (Lipinski definition) is 1. The minimum atomic E-state index is -0.201.